The third kappa shape index (κ3) is 3.15. The molecule has 0 bridgehead atoms. The molecule has 30 heavy (non-hydrogen) atoms. The van der Waals surface area contributed by atoms with Gasteiger partial charge in [-0.05, 0) is 42.5 Å². The Bertz CT molecular complexity index is 1490. The highest BCUT2D eigenvalue weighted by atomic mass is 79.9. The minimum atomic E-state index is -0.478. The fraction of sp³-hybridized carbons (Fsp3) is 0. The monoisotopic (exact) mass is 460 g/mol. The molecule has 0 spiro atoms. The molecule has 5 rings (SSSR count). The van der Waals surface area contributed by atoms with Crippen LogP contribution in [0.4, 0.5) is 17.2 Å². The second-order valence-corrected chi connectivity index (χ2v) is 7.38. The van der Waals surface area contributed by atoms with Crippen LogP contribution >= 0.6 is 15.9 Å². The van der Waals surface area contributed by atoms with Gasteiger partial charge >= 0.3 is 5.63 Å². The van der Waals surface area contributed by atoms with Crippen molar-refractivity contribution in [3.63, 3.8) is 0 Å². The number of nitrogens with two attached hydrogens (primary N) is 1. The molecule has 5 aromatic rings. The fourth-order valence-electron chi connectivity index (χ4n) is 3.11. The molecule has 3 heterocycles. The Hall–Kier alpha value is -3.85. The summed E-state index contributed by atoms with van der Waals surface area (Å²) < 4.78 is 7.87. The number of hydrogen-bond acceptors (Lipinski definition) is 7. The lowest BCUT2D eigenvalue weighted by atomic mass is 10.1. The fourth-order valence-corrected chi connectivity index (χ4v) is 3.37. The Labute approximate surface area is 177 Å². The van der Waals surface area contributed by atoms with E-state index >= 15 is 0 Å². The molecule has 0 saturated heterocycles. The van der Waals surface area contributed by atoms with Gasteiger partial charge in [0.25, 0.3) is 0 Å². The highest BCUT2D eigenvalue weighted by Crippen LogP contribution is 2.31. The minimum absolute atomic E-state index is 0.154. The Morgan fingerprint density at radius 2 is 1.83 bits per heavy atom. The number of benzene rings is 2. The summed E-state index contributed by atoms with van der Waals surface area (Å²) in [6.45, 7) is 0. The van der Waals surface area contributed by atoms with Crippen molar-refractivity contribution in [3.05, 3.63) is 81.8 Å². The van der Waals surface area contributed by atoms with Crippen molar-refractivity contribution >= 4 is 49.7 Å². The number of halogens is 1. The molecule has 0 atom stereocenters. The summed E-state index contributed by atoms with van der Waals surface area (Å²) in [5.41, 5.74) is 8.33. The molecule has 3 aromatic heterocycles. The summed E-state index contributed by atoms with van der Waals surface area (Å²) >= 11 is 3.38. The van der Waals surface area contributed by atoms with Gasteiger partial charge in [0, 0.05) is 16.1 Å². The Morgan fingerprint density at radius 1 is 1.03 bits per heavy atom. The predicted molar refractivity (Wildman–Crippen MR) is 117 cm³/mol. The molecule has 0 radical (unpaired) electrons. The largest absolute Gasteiger partial charge is 0.422 e. The van der Waals surface area contributed by atoms with E-state index in [0.717, 1.165) is 9.86 Å². The van der Waals surface area contributed by atoms with Crippen LogP contribution in [0, 0.1) is 0 Å². The van der Waals surface area contributed by atoms with Gasteiger partial charge in [0.05, 0.1) is 16.9 Å². The van der Waals surface area contributed by atoms with Crippen LogP contribution in [0.1, 0.15) is 0 Å². The van der Waals surface area contributed by atoms with Crippen LogP contribution in [0.5, 0.6) is 0 Å². The van der Waals surface area contributed by atoms with Crippen molar-refractivity contribution in [2.45, 2.75) is 0 Å². The Balaban J connectivity index is 1.66. The zero-order chi connectivity index (χ0) is 20.7. The van der Waals surface area contributed by atoms with Crippen LogP contribution in [-0.2, 0) is 0 Å². The molecule has 0 aliphatic heterocycles. The molecule has 0 unspecified atom stereocenters. The predicted octanol–water partition coefficient (Wildman–Crippen LogP) is 5.26. The smallest absolute Gasteiger partial charge is 0.345 e. The van der Waals surface area contributed by atoms with E-state index < -0.39 is 5.63 Å². The summed E-state index contributed by atoms with van der Waals surface area (Å²) in [6, 6.07) is 18.1. The summed E-state index contributed by atoms with van der Waals surface area (Å²) in [6.07, 6.45) is 1.57. The van der Waals surface area contributed by atoms with E-state index in [4.69, 9.17) is 10.2 Å². The molecule has 0 aliphatic carbocycles. The molecule has 0 aliphatic rings. The average Bonchev–Trinajstić information content (AvgIpc) is 3.08. The highest BCUT2D eigenvalue weighted by Gasteiger charge is 2.17. The van der Waals surface area contributed by atoms with Gasteiger partial charge in [-0.1, -0.05) is 34.1 Å². The number of aromatic nitrogens is 3. The topological polar surface area (TPSA) is 111 Å². The van der Waals surface area contributed by atoms with E-state index in [1.807, 2.05) is 42.5 Å². The van der Waals surface area contributed by atoms with Gasteiger partial charge in [-0.3, -0.25) is 0 Å². The number of rotatable bonds is 3. The lowest BCUT2D eigenvalue weighted by Gasteiger charge is -2.04. The van der Waals surface area contributed by atoms with Crippen molar-refractivity contribution < 1.29 is 4.42 Å². The SMILES string of the molecule is Nc1nn2c(-c3cc4ccccc4oc3=O)ccnc2c1N=Nc1ccc(Br)cc1. The summed E-state index contributed by atoms with van der Waals surface area (Å²) in [5, 5.41) is 13.6. The van der Waals surface area contributed by atoms with Crippen molar-refractivity contribution in [1.82, 2.24) is 14.6 Å². The molecule has 0 amide bonds. The number of anilines is 1. The van der Waals surface area contributed by atoms with Gasteiger partial charge in [-0.2, -0.15) is 5.11 Å². The number of hydrogen-bond donors (Lipinski definition) is 1. The first-order chi connectivity index (χ1) is 14.6. The highest BCUT2D eigenvalue weighted by molar-refractivity contribution is 9.10. The van der Waals surface area contributed by atoms with Crippen molar-refractivity contribution in [2.75, 3.05) is 5.73 Å². The first kappa shape index (κ1) is 18.2. The van der Waals surface area contributed by atoms with Crippen LogP contribution < -0.4 is 11.4 Å². The standard InChI is InChI=1S/C21H13BrN6O2/c22-13-5-7-14(8-6-13)25-26-18-19(23)27-28-16(9-10-24-20(18)28)15-11-12-3-1-2-4-17(12)30-21(15)29/h1-11H,(H2,23,27). The molecule has 9 heteroatoms. The Morgan fingerprint density at radius 3 is 2.67 bits per heavy atom. The minimum Gasteiger partial charge on any atom is -0.422 e. The van der Waals surface area contributed by atoms with Crippen molar-refractivity contribution in [1.29, 1.82) is 0 Å². The summed E-state index contributed by atoms with van der Waals surface area (Å²) in [4.78, 5) is 16.9. The lowest BCUT2D eigenvalue weighted by molar-refractivity contribution is 0.563. The molecular formula is C21H13BrN6O2. The van der Waals surface area contributed by atoms with E-state index in [0.29, 0.717) is 33.9 Å². The number of azo groups is 1. The first-order valence-electron chi connectivity index (χ1n) is 8.94. The maximum Gasteiger partial charge on any atom is 0.345 e. The lowest BCUT2D eigenvalue weighted by Crippen LogP contribution is -2.07. The van der Waals surface area contributed by atoms with E-state index in [2.05, 4.69) is 36.2 Å². The van der Waals surface area contributed by atoms with Crippen LogP contribution in [0.2, 0.25) is 0 Å². The summed E-state index contributed by atoms with van der Waals surface area (Å²) in [5.74, 6) is 0.154. The van der Waals surface area contributed by atoms with Gasteiger partial charge < -0.3 is 10.2 Å². The molecule has 2 aromatic carbocycles. The molecule has 0 fully saturated rings. The van der Waals surface area contributed by atoms with E-state index in [9.17, 15) is 4.79 Å². The van der Waals surface area contributed by atoms with Crippen LogP contribution in [0.3, 0.4) is 0 Å². The third-order valence-electron chi connectivity index (χ3n) is 4.53. The van der Waals surface area contributed by atoms with Crippen LogP contribution in [0.15, 0.2) is 90.8 Å². The Kier molecular flexibility index (Phi) is 4.36. The van der Waals surface area contributed by atoms with E-state index in [1.54, 1.807) is 24.4 Å². The quantitative estimate of drug-likeness (QED) is 0.291. The summed E-state index contributed by atoms with van der Waals surface area (Å²) in [7, 11) is 0. The van der Waals surface area contributed by atoms with Crippen LogP contribution in [0.25, 0.3) is 27.9 Å². The second-order valence-electron chi connectivity index (χ2n) is 6.46. The molecule has 146 valence electrons. The first-order valence-corrected chi connectivity index (χ1v) is 9.73. The average molecular weight is 461 g/mol. The van der Waals surface area contributed by atoms with Gasteiger partial charge in [-0.25, -0.2) is 14.3 Å². The van der Waals surface area contributed by atoms with E-state index in [-0.39, 0.29) is 5.82 Å². The normalized spacial score (nSPS) is 11.6. The number of nitrogen functional groups attached to an aromatic ring is 1. The maximum atomic E-state index is 12.6. The van der Waals surface area contributed by atoms with Crippen LogP contribution in [-0.4, -0.2) is 14.6 Å². The molecule has 2 N–H and O–H groups in total. The molecular weight excluding hydrogens is 448 g/mol. The van der Waals surface area contributed by atoms with Gasteiger partial charge in [0.15, 0.2) is 17.2 Å². The molecule has 0 saturated carbocycles. The second kappa shape index (κ2) is 7.20. The number of para-hydroxylation sites is 1. The van der Waals surface area contributed by atoms with Gasteiger partial charge in [0.2, 0.25) is 0 Å². The van der Waals surface area contributed by atoms with Gasteiger partial charge in [0.1, 0.15) is 5.58 Å². The zero-order valence-electron chi connectivity index (χ0n) is 15.4. The van der Waals surface area contributed by atoms with E-state index in [1.165, 1.54) is 4.52 Å². The van der Waals surface area contributed by atoms with Gasteiger partial charge in [-0.15, -0.1) is 10.2 Å². The number of fused-ring (bicyclic) bond motifs is 2. The third-order valence-corrected chi connectivity index (χ3v) is 5.06. The van der Waals surface area contributed by atoms with Crippen molar-refractivity contribution in [3.8, 4) is 11.3 Å². The maximum absolute atomic E-state index is 12.6. The zero-order valence-corrected chi connectivity index (χ0v) is 16.9. The number of nitrogens with zero attached hydrogens (tertiary/aromatic N) is 5. The molecule has 8 nitrogen and oxygen atoms in total. The van der Waals surface area contributed by atoms with Crippen molar-refractivity contribution in [2.24, 2.45) is 10.2 Å².